The molecule has 2 aromatic carbocycles. The van der Waals surface area contributed by atoms with E-state index in [4.69, 9.17) is 10.5 Å². The Morgan fingerprint density at radius 3 is 2.60 bits per heavy atom. The minimum absolute atomic E-state index is 0.0917. The molecular formula is C19H17FN2O3. The number of carbonyl (C=O) groups is 2. The highest BCUT2D eigenvalue weighted by Gasteiger charge is 2.28. The number of fused-ring (bicyclic) bond motifs is 3. The van der Waals surface area contributed by atoms with Gasteiger partial charge < -0.3 is 15.4 Å². The topological polar surface area (TPSA) is 72.6 Å². The zero-order valence-electron chi connectivity index (χ0n) is 13.5. The molecule has 1 aliphatic heterocycles. The molecule has 0 atom stereocenters. The summed E-state index contributed by atoms with van der Waals surface area (Å²) in [6, 6.07) is 7.97. The third-order valence-electron chi connectivity index (χ3n) is 4.82. The molecule has 1 aliphatic carbocycles. The van der Waals surface area contributed by atoms with Crippen molar-refractivity contribution in [1.29, 1.82) is 0 Å². The smallest absolute Gasteiger partial charge is 0.254 e. The minimum atomic E-state index is -0.575. The maximum Gasteiger partial charge on any atom is 0.254 e. The lowest BCUT2D eigenvalue weighted by atomic mass is 9.99. The molecule has 4 rings (SSSR count). The summed E-state index contributed by atoms with van der Waals surface area (Å²) in [7, 11) is 0. The molecule has 1 fully saturated rings. The van der Waals surface area contributed by atoms with Crippen LogP contribution in [0.4, 0.5) is 4.39 Å². The van der Waals surface area contributed by atoms with Gasteiger partial charge in [-0.1, -0.05) is 6.07 Å². The molecule has 5 nitrogen and oxygen atoms in total. The molecule has 0 aromatic heterocycles. The summed E-state index contributed by atoms with van der Waals surface area (Å²) in [5.41, 5.74) is 8.78. The van der Waals surface area contributed by atoms with Crippen molar-refractivity contribution in [2.24, 2.45) is 5.73 Å². The molecule has 0 spiro atoms. The van der Waals surface area contributed by atoms with E-state index in [0.29, 0.717) is 60.5 Å². The third-order valence-corrected chi connectivity index (χ3v) is 4.82. The van der Waals surface area contributed by atoms with Crippen molar-refractivity contribution in [2.75, 3.05) is 26.3 Å². The molecular weight excluding hydrogens is 323 g/mol. The monoisotopic (exact) mass is 340 g/mol. The van der Waals surface area contributed by atoms with Gasteiger partial charge in [0.05, 0.1) is 13.2 Å². The number of ether oxygens (including phenoxy) is 1. The molecule has 1 heterocycles. The zero-order chi connectivity index (χ0) is 17.6. The van der Waals surface area contributed by atoms with Crippen LogP contribution in [0, 0.1) is 5.82 Å². The van der Waals surface area contributed by atoms with Gasteiger partial charge in [-0.05, 0) is 47.4 Å². The Bertz CT molecular complexity index is 888. The molecule has 6 heteroatoms. The van der Waals surface area contributed by atoms with E-state index in [1.165, 1.54) is 12.1 Å². The zero-order valence-corrected chi connectivity index (χ0v) is 13.5. The first kappa shape index (κ1) is 15.8. The average Bonchev–Trinajstić information content (AvgIpc) is 3.01. The highest BCUT2D eigenvalue weighted by atomic mass is 19.1. The Labute approximate surface area is 144 Å². The van der Waals surface area contributed by atoms with Crippen LogP contribution in [-0.4, -0.2) is 43.0 Å². The summed E-state index contributed by atoms with van der Waals surface area (Å²) >= 11 is 0. The van der Waals surface area contributed by atoms with Crippen LogP contribution in [0.25, 0.3) is 11.1 Å². The molecule has 0 saturated carbocycles. The number of benzene rings is 2. The van der Waals surface area contributed by atoms with Gasteiger partial charge in [-0.2, -0.15) is 0 Å². The summed E-state index contributed by atoms with van der Waals surface area (Å²) in [5, 5.41) is 0. The van der Waals surface area contributed by atoms with Gasteiger partial charge in [-0.3, -0.25) is 9.59 Å². The second-order valence-corrected chi connectivity index (χ2v) is 6.27. The van der Waals surface area contributed by atoms with Crippen molar-refractivity contribution in [2.45, 2.75) is 6.42 Å². The fraction of sp³-hybridized carbons (Fsp3) is 0.263. The number of carbonyl (C=O) groups excluding carboxylic acids is 2. The lowest BCUT2D eigenvalue weighted by Crippen LogP contribution is -2.40. The van der Waals surface area contributed by atoms with E-state index in [1.807, 2.05) is 6.07 Å². The van der Waals surface area contributed by atoms with E-state index in [2.05, 4.69) is 0 Å². The van der Waals surface area contributed by atoms with Crippen LogP contribution < -0.4 is 5.73 Å². The van der Waals surface area contributed by atoms with Crippen molar-refractivity contribution < 1.29 is 18.7 Å². The van der Waals surface area contributed by atoms with Crippen LogP contribution in [0.5, 0.6) is 0 Å². The second-order valence-electron chi connectivity index (χ2n) is 6.27. The average molecular weight is 340 g/mol. The van der Waals surface area contributed by atoms with Gasteiger partial charge in [0.15, 0.2) is 0 Å². The number of rotatable bonds is 2. The fourth-order valence-electron chi connectivity index (χ4n) is 3.56. The normalized spacial score (nSPS) is 15.6. The van der Waals surface area contributed by atoms with E-state index in [9.17, 15) is 14.0 Å². The predicted octanol–water partition coefficient (Wildman–Crippen LogP) is 1.97. The number of hydrogen-bond acceptors (Lipinski definition) is 3. The minimum Gasteiger partial charge on any atom is -0.378 e. The van der Waals surface area contributed by atoms with Gasteiger partial charge >= 0.3 is 0 Å². The number of morpholine rings is 1. The van der Waals surface area contributed by atoms with Crippen LogP contribution in [-0.2, 0) is 11.2 Å². The van der Waals surface area contributed by atoms with Gasteiger partial charge in [0, 0.05) is 29.8 Å². The number of nitrogens with two attached hydrogens (primary N) is 1. The third kappa shape index (κ3) is 2.59. The maximum absolute atomic E-state index is 14.4. The van der Waals surface area contributed by atoms with Crippen LogP contribution in [0.1, 0.15) is 31.8 Å². The Morgan fingerprint density at radius 1 is 1.12 bits per heavy atom. The van der Waals surface area contributed by atoms with E-state index in [-0.39, 0.29) is 5.91 Å². The molecule has 0 unspecified atom stereocenters. The Kier molecular flexibility index (Phi) is 3.77. The van der Waals surface area contributed by atoms with Crippen LogP contribution in [0.15, 0.2) is 30.3 Å². The molecule has 2 N–H and O–H groups in total. The lowest BCUT2D eigenvalue weighted by molar-refractivity contribution is 0.0303. The molecule has 2 amide bonds. The first-order valence-corrected chi connectivity index (χ1v) is 8.18. The van der Waals surface area contributed by atoms with Gasteiger partial charge in [-0.15, -0.1) is 0 Å². The Balaban J connectivity index is 1.77. The SMILES string of the molecule is NC(=O)c1ccc(F)c2c1Cc1ccc(C(=O)N3CCOCC3)cc1-2. The van der Waals surface area contributed by atoms with E-state index in [0.717, 1.165) is 5.56 Å². The van der Waals surface area contributed by atoms with Crippen LogP contribution in [0.2, 0.25) is 0 Å². The van der Waals surface area contributed by atoms with Gasteiger partial charge in [0.25, 0.3) is 5.91 Å². The van der Waals surface area contributed by atoms with Gasteiger partial charge in [-0.25, -0.2) is 4.39 Å². The quantitative estimate of drug-likeness (QED) is 0.775. The van der Waals surface area contributed by atoms with Crippen LogP contribution in [0.3, 0.4) is 0 Å². The number of hydrogen-bond donors (Lipinski definition) is 1. The molecule has 25 heavy (non-hydrogen) atoms. The highest BCUT2D eigenvalue weighted by Crippen LogP contribution is 2.40. The number of halogens is 1. The molecule has 1 saturated heterocycles. The molecule has 2 aliphatic rings. The predicted molar refractivity (Wildman–Crippen MR) is 89.9 cm³/mol. The summed E-state index contributed by atoms with van der Waals surface area (Å²) < 4.78 is 19.7. The maximum atomic E-state index is 14.4. The Hall–Kier alpha value is -2.73. The van der Waals surface area contributed by atoms with E-state index in [1.54, 1.807) is 17.0 Å². The highest BCUT2D eigenvalue weighted by molar-refractivity contribution is 6.00. The Morgan fingerprint density at radius 2 is 1.88 bits per heavy atom. The van der Waals surface area contributed by atoms with Crippen molar-refractivity contribution in [3.63, 3.8) is 0 Å². The number of primary amides is 1. The second kappa shape index (κ2) is 5.97. The summed E-state index contributed by atoms with van der Waals surface area (Å²) in [6.45, 7) is 2.14. The molecule has 2 aromatic rings. The van der Waals surface area contributed by atoms with Crippen molar-refractivity contribution in [3.05, 3.63) is 58.4 Å². The van der Waals surface area contributed by atoms with E-state index < -0.39 is 11.7 Å². The first-order chi connectivity index (χ1) is 12.1. The van der Waals surface area contributed by atoms with Crippen molar-refractivity contribution >= 4 is 11.8 Å². The van der Waals surface area contributed by atoms with Crippen molar-refractivity contribution in [1.82, 2.24) is 4.90 Å². The van der Waals surface area contributed by atoms with E-state index >= 15 is 0 Å². The standard InChI is InChI=1S/C19H17FN2O3/c20-16-4-3-13(18(21)23)15-9-11-1-2-12(10-14(11)17(15)16)19(24)22-5-7-25-8-6-22/h1-4,10H,5-9H2,(H2,21,23). The van der Waals surface area contributed by atoms with Crippen molar-refractivity contribution in [3.8, 4) is 11.1 Å². The van der Waals surface area contributed by atoms with Crippen LogP contribution >= 0.6 is 0 Å². The lowest BCUT2D eigenvalue weighted by Gasteiger charge is -2.27. The summed E-state index contributed by atoms with van der Waals surface area (Å²) in [4.78, 5) is 26.0. The number of nitrogens with zero attached hydrogens (tertiary/aromatic N) is 1. The molecule has 128 valence electrons. The number of amides is 2. The summed E-state index contributed by atoms with van der Waals surface area (Å²) in [6.07, 6.45) is 0.437. The first-order valence-electron chi connectivity index (χ1n) is 8.18. The fourth-order valence-corrected chi connectivity index (χ4v) is 3.56. The summed E-state index contributed by atoms with van der Waals surface area (Å²) in [5.74, 6) is -1.07. The van der Waals surface area contributed by atoms with Gasteiger partial charge in [0.2, 0.25) is 5.91 Å². The molecule has 0 bridgehead atoms. The molecule has 0 radical (unpaired) electrons. The largest absolute Gasteiger partial charge is 0.378 e. The van der Waals surface area contributed by atoms with Gasteiger partial charge in [0.1, 0.15) is 5.82 Å².